The Morgan fingerprint density at radius 3 is 2.10 bits per heavy atom. The van der Waals surface area contributed by atoms with E-state index in [9.17, 15) is 25.0 Å². The maximum absolute atomic E-state index is 11.9. The van der Waals surface area contributed by atoms with Gasteiger partial charge in [0.2, 0.25) is 0 Å². The van der Waals surface area contributed by atoms with E-state index >= 15 is 0 Å². The summed E-state index contributed by atoms with van der Waals surface area (Å²) in [6.07, 6.45) is 0.870. The number of nitrogens with one attached hydrogen (secondary N) is 1. The summed E-state index contributed by atoms with van der Waals surface area (Å²) >= 11 is 0. The van der Waals surface area contributed by atoms with E-state index in [2.05, 4.69) is 5.32 Å². The van der Waals surface area contributed by atoms with Gasteiger partial charge in [-0.1, -0.05) is 20.3 Å². The summed E-state index contributed by atoms with van der Waals surface area (Å²) in [5.74, 6) is -0.301. The number of rotatable bonds is 6. The molecule has 0 radical (unpaired) electrons. The Hall–Kier alpha value is -2.51. The normalized spacial score (nSPS) is 11.7. The Labute approximate surface area is 115 Å². The Bertz CT molecular complexity index is 512. The summed E-state index contributed by atoms with van der Waals surface area (Å²) in [5.41, 5.74) is -1.05. The molecule has 20 heavy (non-hydrogen) atoms. The molecule has 1 atom stereocenters. The minimum absolute atomic E-state index is 0.0887. The molecule has 1 rings (SSSR count). The van der Waals surface area contributed by atoms with E-state index in [0.29, 0.717) is 6.54 Å². The maximum atomic E-state index is 11.9. The number of nitrogens with zero attached hydrogens (tertiary/aromatic N) is 2. The molecule has 0 saturated heterocycles. The van der Waals surface area contributed by atoms with Gasteiger partial charge in [0.1, 0.15) is 0 Å². The quantitative estimate of drug-likeness (QED) is 0.634. The Kier molecular flexibility index (Phi) is 5.13. The zero-order valence-electron chi connectivity index (χ0n) is 11.2. The van der Waals surface area contributed by atoms with Gasteiger partial charge in [-0.25, -0.2) is 0 Å². The number of carbonyl (C=O) groups excluding carboxylic acids is 1. The number of carbonyl (C=O) groups is 1. The first-order valence-corrected chi connectivity index (χ1v) is 6.07. The second kappa shape index (κ2) is 6.60. The average Bonchev–Trinajstić information content (AvgIpc) is 2.43. The number of non-ortho nitro benzene ring substituents is 2. The van der Waals surface area contributed by atoms with Crippen LogP contribution < -0.4 is 5.32 Å². The van der Waals surface area contributed by atoms with Crippen LogP contribution in [0.3, 0.4) is 0 Å². The summed E-state index contributed by atoms with van der Waals surface area (Å²) in [6, 6.07) is 2.88. The van der Waals surface area contributed by atoms with E-state index in [0.717, 1.165) is 24.6 Å². The summed E-state index contributed by atoms with van der Waals surface area (Å²) in [6.45, 7) is 4.32. The third kappa shape index (κ3) is 4.01. The lowest BCUT2D eigenvalue weighted by atomic mass is 10.1. The van der Waals surface area contributed by atoms with Crippen molar-refractivity contribution in [2.75, 3.05) is 6.54 Å². The highest BCUT2D eigenvalue weighted by atomic mass is 16.6. The van der Waals surface area contributed by atoms with Crippen LogP contribution in [0, 0.1) is 26.1 Å². The number of hydrogen-bond donors (Lipinski definition) is 1. The summed E-state index contributed by atoms with van der Waals surface area (Å²) in [7, 11) is 0. The van der Waals surface area contributed by atoms with Crippen LogP contribution in [0.25, 0.3) is 0 Å². The molecule has 0 aromatic heterocycles. The predicted octanol–water partition coefficient (Wildman–Crippen LogP) is 2.28. The van der Waals surface area contributed by atoms with Crippen LogP contribution in [0.15, 0.2) is 18.2 Å². The van der Waals surface area contributed by atoms with Gasteiger partial charge >= 0.3 is 0 Å². The molecule has 8 nitrogen and oxygen atoms in total. The molecular weight excluding hydrogens is 266 g/mol. The van der Waals surface area contributed by atoms with Crippen LogP contribution in [-0.4, -0.2) is 22.3 Å². The molecule has 1 aromatic carbocycles. The fourth-order valence-electron chi connectivity index (χ4n) is 1.45. The third-order valence-corrected chi connectivity index (χ3v) is 2.89. The van der Waals surface area contributed by atoms with Gasteiger partial charge in [0.15, 0.2) is 0 Å². The molecule has 0 heterocycles. The molecule has 1 amide bonds. The monoisotopic (exact) mass is 281 g/mol. The molecule has 108 valence electrons. The Balaban J connectivity index is 3.01. The highest BCUT2D eigenvalue weighted by Gasteiger charge is 2.19. The summed E-state index contributed by atoms with van der Waals surface area (Å²) < 4.78 is 0. The summed E-state index contributed by atoms with van der Waals surface area (Å²) in [4.78, 5) is 31.8. The van der Waals surface area contributed by atoms with Crippen molar-refractivity contribution in [1.82, 2.24) is 5.32 Å². The topological polar surface area (TPSA) is 115 Å². The van der Waals surface area contributed by atoms with E-state index in [1.807, 2.05) is 13.8 Å². The van der Waals surface area contributed by atoms with Crippen molar-refractivity contribution in [3.63, 3.8) is 0 Å². The molecule has 1 aromatic rings. The highest BCUT2D eigenvalue weighted by Crippen LogP contribution is 2.22. The minimum Gasteiger partial charge on any atom is -0.352 e. The number of hydrogen-bond acceptors (Lipinski definition) is 5. The first-order valence-electron chi connectivity index (χ1n) is 6.07. The molecule has 0 fully saturated rings. The van der Waals surface area contributed by atoms with Gasteiger partial charge in [0.05, 0.1) is 21.5 Å². The smallest absolute Gasteiger partial charge is 0.277 e. The standard InChI is InChI=1S/C12H15N3O5/c1-3-8(2)7-13-12(16)9-4-10(14(17)18)6-11(5-9)15(19)20/h4-6,8H,3,7H2,1-2H3,(H,13,16). The van der Waals surface area contributed by atoms with Crippen LogP contribution >= 0.6 is 0 Å². The number of amides is 1. The first-order chi connectivity index (χ1) is 9.35. The zero-order chi connectivity index (χ0) is 15.3. The molecule has 8 heteroatoms. The van der Waals surface area contributed by atoms with E-state index in [-0.39, 0.29) is 11.5 Å². The van der Waals surface area contributed by atoms with Gasteiger partial charge in [0, 0.05) is 18.7 Å². The number of nitro benzene ring substituents is 2. The lowest BCUT2D eigenvalue weighted by Crippen LogP contribution is -2.28. The second-order valence-electron chi connectivity index (χ2n) is 4.48. The van der Waals surface area contributed by atoms with Crippen LogP contribution in [-0.2, 0) is 0 Å². The number of nitro groups is 2. The third-order valence-electron chi connectivity index (χ3n) is 2.89. The molecular formula is C12H15N3O5. The Morgan fingerprint density at radius 1 is 1.20 bits per heavy atom. The Morgan fingerprint density at radius 2 is 1.70 bits per heavy atom. The van der Waals surface area contributed by atoms with Crippen molar-refractivity contribution in [1.29, 1.82) is 0 Å². The van der Waals surface area contributed by atoms with Crippen molar-refractivity contribution in [2.24, 2.45) is 5.92 Å². The maximum Gasteiger partial charge on any atom is 0.277 e. The highest BCUT2D eigenvalue weighted by molar-refractivity contribution is 5.95. The van der Waals surface area contributed by atoms with Crippen molar-refractivity contribution >= 4 is 17.3 Å². The number of benzene rings is 1. The fraction of sp³-hybridized carbons (Fsp3) is 0.417. The zero-order valence-corrected chi connectivity index (χ0v) is 11.2. The molecule has 0 saturated carbocycles. The molecule has 0 aliphatic heterocycles. The van der Waals surface area contributed by atoms with E-state index in [4.69, 9.17) is 0 Å². The van der Waals surface area contributed by atoms with E-state index < -0.39 is 27.1 Å². The molecule has 0 bridgehead atoms. The van der Waals surface area contributed by atoms with Crippen molar-refractivity contribution in [3.05, 3.63) is 44.0 Å². The molecule has 0 spiro atoms. The minimum atomic E-state index is -0.765. The van der Waals surface area contributed by atoms with Gasteiger partial charge in [-0.3, -0.25) is 25.0 Å². The molecule has 0 aliphatic rings. The van der Waals surface area contributed by atoms with Crippen LogP contribution in [0.2, 0.25) is 0 Å². The van der Waals surface area contributed by atoms with Gasteiger partial charge in [-0.2, -0.15) is 0 Å². The van der Waals surface area contributed by atoms with Crippen molar-refractivity contribution < 1.29 is 14.6 Å². The lowest BCUT2D eigenvalue weighted by Gasteiger charge is -2.10. The van der Waals surface area contributed by atoms with Crippen molar-refractivity contribution in [2.45, 2.75) is 20.3 Å². The fourth-order valence-corrected chi connectivity index (χ4v) is 1.45. The van der Waals surface area contributed by atoms with Crippen LogP contribution in [0.4, 0.5) is 11.4 Å². The van der Waals surface area contributed by atoms with E-state index in [1.165, 1.54) is 0 Å². The van der Waals surface area contributed by atoms with Gasteiger partial charge in [-0.05, 0) is 5.92 Å². The molecule has 0 aliphatic carbocycles. The van der Waals surface area contributed by atoms with Gasteiger partial charge in [0.25, 0.3) is 17.3 Å². The predicted molar refractivity (Wildman–Crippen MR) is 71.5 cm³/mol. The van der Waals surface area contributed by atoms with Gasteiger partial charge in [-0.15, -0.1) is 0 Å². The molecule has 1 unspecified atom stereocenters. The largest absolute Gasteiger partial charge is 0.352 e. The van der Waals surface area contributed by atoms with E-state index in [1.54, 1.807) is 0 Å². The SMILES string of the molecule is CCC(C)CNC(=O)c1cc([N+](=O)[O-])cc([N+](=O)[O-])c1. The van der Waals surface area contributed by atoms with Gasteiger partial charge < -0.3 is 5.32 Å². The lowest BCUT2D eigenvalue weighted by molar-refractivity contribution is -0.394. The van der Waals surface area contributed by atoms with Crippen molar-refractivity contribution in [3.8, 4) is 0 Å². The van der Waals surface area contributed by atoms with Crippen LogP contribution in [0.1, 0.15) is 30.6 Å². The molecule has 1 N–H and O–H groups in total. The first kappa shape index (κ1) is 15.5. The van der Waals surface area contributed by atoms with Crippen LogP contribution in [0.5, 0.6) is 0 Å². The average molecular weight is 281 g/mol. The summed E-state index contributed by atoms with van der Waals surface area (Å²) in [5, 5.41) is 24.0. The second-order valence-corrected chi connectivity index (χ2v) is 4.48.